The van der Waals surface area contributed by atoms with Gasteiger partial charge < -0.3 is 15.8 Å². The molecule has 0 bridgehead atoms. The van der Waals surface area contributed by atoms with Crippen LogP contribution >= 0.6 is 0 Å². The highest BCUT2D eigenvalue weighted by Crippen LogP contribution is 2.18. The molecule has 0 spiro atoms. The number of rotatable bonds is 4. The van der Waals surface area contributed by atoms with Crippen LogP contribution < -0.4 is 15.8 Å². The summed E-state index contributed by atoms with van der Waals surface area (Å²) < 4.78 is 5.10. The minimum atomic E-state index is -0.196. The molecule has 0 fully saturated rings. The molecule has 1 heterocycles. The fourth-order valence-electron chi connectivity index (χ4n) is 1.83. The van der Waals surface area contributed by atoms with E-state index >= 15 is 0 Å². The fraction of sp³-hybridized carbons (Fsp3) is 0.200. The van der Waals surface area contributed by atoms with E-state index in [0.29, 0.717) is 23.5 Å². The average Bonchev–Trinajstić information content (AvgIpc) is 2.45. The van der Waals surface area contributed by atoms with Crippen LogP contribution in [0.25, 0.3) is 0 Å². The maximum atomic E-state index is 12.1. The molecule has 1 amide bonds. The van der Waals surface area contributed by atoms with Crippen LogP contribution in [0, 0.1) is 6.92 Å². The van der Waals surface area contributed by atoms with Crippen molar-refractivity contribution in [3.05, 3.63) is 53.3 Å². The van der Waals surface area contributed by atoms with Gasteiger partial charge in [0, 0.05) is 36.3 Å². The third-order valence-corrected chi connectivity index (χ3v) is 3.01. The molecule has 1 aromatic heterocycles. The summed E-state index contributed by atoms with van der Waals surface area (Å²) in [5.74, 6) is 0.367. The van der Waals surface area contributed by atoms with E-state index in [1.807, 2.05) is 13.0 Å². The number of aryl methyl sites for hydroxylation is 1. The maximum absolute atomic E-state index is 12.1. The lowest BCUT2D eigenvalue weighted by Gasteiger charge is -2.09. The second kappa shape index (κ2) is 6.06. The minimum Gasteiger partial charge on any atom is -0.497 e. The molecule has 0 aliphatic rings. The largest absolute Gasteiger partial charge is 0.497 e. The van der Waals surface area contributed by atoms with Crippen LogP contribution in [0.5, 0.6) is 5.75 Å². The van der Waals surface area contributed by atoms with E-state index < -0.39 is 0 Å². The van der Waals surface area contributed by atoms with Gasteiger partial charge in [-0.3, -0.25) is 9.78 Å². The maximum Gasteiger partial charge on any atom is 0.251 e. The zero-order valence-corrected chi connectivity index (χ0v) is 11.5. The number of carbonyl (C=O) groups is 1. The Morgan fingerprint density at radius 2 is 2.20 bits per heavy atom. The van der Waals surface area contributed by atoms with Gasteiger partial charge in [-0.15, -0.1) is 0 Å². The van der Waals surface area contributed by atoms with Gasteiger partial charge in [0.2, 0.25) is 0 Å². The normalized spacial score (nSPS) is 10.1. The number of anilines is 1. The summed E-state index contributed by atoms with van der Waals surface area (Å²) in [6.07, 6.45) is 3.47. The Hall–Kier alpha value is -2.56. The summed E-state index contributed by atoms with van der Waals surface area (Å²) in [6.45, 7) is 2.41. The van der Waals surface area contributed by atoms with Crippen molar-refractivity contribution in [1.29, 1.82) is 0 Å². The van der Waals surface area contributed by atoms with Gasteiger partial charge in [0.15, 0.2) is 0 Å². The first-order valence-corrected chi connectivity index (χ1v) is 6.22. The molecule has 104 valence electrons. The van der Waals surface area contributed by atoms with Gasteiger partial charge in [-0.1, -0.05) is 0 Å². The molecule has 0 saturated carbocycles. The van der Waals surface area contributed by atoms with Crippen molar-refractivity contribution in [2.45, 2.75) is 13.5 Å². The Labute approximate surface area is 117 Å². The number of methoxy groups -OCH3 is 1. The number of hydrogen-bond acceptors (Lipinski definition) is 4. The van der Waals surface area contributed by atoms with Gasteiger partial charge in [-0.25, -0.2) is 0 Å². The summed E-state index contributed by atoms with van der Waals surface area (Å²) >= 11 is 0. The first-order valence-electron chi connectivity index (χ1n) is 6.22. The lowest BCUT2D eigenvalue weighted by molar-refractivity contribution is 0.0950. The van der Waals surface area contributed by atoms with Crippen molar-refractivity contribution < 1.29 is 9.53 Å². The van der Waals surface area contributed by atoms with E-state index in [1.165, 1.54) is 7.11 Å². The molecule has 0 radical (unpaired) electrons. The van der Waals surface area contributed by atoms with E-state index in [2.05, 4.69) is 10.3 Å². The number of nitrogens with two attached hydrogens (primary N) is 1. The van der Waals surface area contributed by atoms with Crippen LogP contribution in [-0.4, -0.2) is 18.0 Å². The molecule has 0 atom stereocenters. The molecular weight excluding hydrogens is 254 g/mol. The molecule has 0 unspecified atom stereocenters. The second-order valence-corrected chi connectivity index (χ2v) is 4.48. The number of benzene rings is 1. The summed E-state index contributed by atoms with van der Waals surface area (Å²) in [5, 5.41) is 2.84. The Morgan fingerprint density at radius 3 is 2.90 bits per heavy atom. The number of hydrogen-bond donors (Lipinski definition) is 2. The lowest BCUT2D eigenvalue weighted by Crippen LogP contribution is -2.23. The topological polar surface area (TPSA) is 77.2 Å². The number of amides is 1. The molecule has 1 aromatic carbocycles. The van der Waals surface area contributed by atoms with Crippen LogP contribution in [-0.2, 0) is 6.54 Å². The number of aromatic nitrogens is 1. The van der Waals surface area contributed by atoms with Gasteiger partial charge in [-0.05, 0) is 36.2 Å². The average molecular weight is 271 g/mol. The summed E-state index contributed by atoms with van der Waals surface area (Å²) in [7, 11) is 1.54. The van der Waals surface area contributed by atoms with Gasteiger partial charge in [0.1, 0.15) is 5.75 Å². The van der Waals surface area contributed by atoms with Crippen LogP contribution in [0.15, 0.2) is 36.7 Å². The quantitative estimate of drug-likeness (QED) is 0.833. The Bertz CT molecular complexity index is 626. The Balaban J connectivity index is 2.09. The molecule has 20 heavy (non-hydrogen) atoms. The fourth-order valence-corrected chi connectivity index (χ4v) is 1.83. The van der Waals surface area contributed by atoms with E-state index in [1.54, 1.807) is 30.6 Å². The van der Waals surface area contributed by atoms with E-state index in [-0.39, 0.29) is 5.91 Å². The first kappa shape index (κ1) is 13.9. The van der Waals surface area contributed by atoms with Crippen molar-refractivity contribution in [1.82, 2.24) is 10.3 Å². The Kier molecular flexibility index (Phi) is 4.20. The zero-order chi connectivity index (χ0) is 14.5. The molecule has 2 aromatic rings. The molecule has 3 N–H and O–H groups in total. The molecule has 0 aliphatic heterocycles. The number of nitrogen functional groups attached to an aromatic ring is 1. The van der Waals surface area contributed by atoms with E-state index in [9.17, 15) is 4.79 Å². The second-order valence-electron chi connectivity index (χ2n) is 4.48. The molecule has 0 aliphatic carbocycles. The summed E-state index contributed by atoms with van der Waals surface area (Å²) in [5.41, 5.74) is 8.77. The third-order valence-electron chi connectivity index (χ3n) is 3.01. The summed E-state index contributed by atoms with van der Waals surface area (Å²) in [4.78, 5) is 16.2. The number of carbonyl (C=O) groups excluding carboxylic acids is 1. The number of ether oxygens (including phenoxy) is 1. The third kappa shape index (κ3) is 3.26. The van der Waals surface area contributed by atoms with Gasteiger partial charge in [0.25, 0.3) is 5.91 Å². The lowest BCUT2D eigenvalue weighted by atomic mass is 10.1. The van der Waals surface area contributed by atoms with E-state index in [4.69, 9.17) is 10.5 Å². The number of nitrogens with one attached hydrogen (secondary N) is 1. The highest BCUT2D eigenvalue weighted by atomic mass is 16.5. The van der Waals surface area contributed by atoms with Gasteiger partial charge >= 0.3 is 0 Å². The molecule has 5 nitrogen and oxygen atoms in total. The summed E-state index contributed by atoms with van der Waals surface area (Å²) in [6, 6.07) is 6.85. The zero-order valence-electron chi connectivity index (χ0n) is 11.5. The van der Waals surface area contributed by atoms with Crippen LogP contribution in [0.1, 0.15) is 21.5 Å². The molecule has 5 heteroatoms. The number of pyridine rings is 1. The molecular formula is C15H17N3O2. The van der Waals surface area contributed by atoms with Crippen molar-refractivity contribution in [2.75, 3.05) is 12.8 Å². The SMILES string of the molecule is COc1cc(N)cc(C(=O)NCc2cnccc2C)c1. The van der Waals surface area contributed by atoms with Crippen LogP contribution in [0.3, 0.4) is 0 Å². The van der Waals surface area contributed by atoms with Crippen molar-refractivity contribution in [3.63, 3.8) is 0 Å². The smallest absolute Gasteiger partial charge is 0.251 e. The molecule has 2 rings (SSSR count). The van der Waals surface area contributed by atoms with Gasteiger partial charge in [-0.2, -0.15) is 0 Å². The minimum absolute atomic E-state index is 0.196. The van der Waals surface area contributed by atoms with Crippen LogP contribution in [0.2, 0.25) is 0 Å². The van der Waals surface area contributed by atoms with Crippen molar-refractivity contribution in [2.24, 2.45) is 0 Å². The van der Waals surface area contributed by atoms with E-state index in [0.717, 1.165) is 11.1 Å². The van der Waals surface area contributed by atoms with Gasteiger partial charge in [0.05, 0.1) is 7.11 Å². The highest BCUT2D eigenvalue weighted by molar-refractivity contribution is 5.95. The predicted octanol–water partition coefficient (Wildman–Crippen LogP) is 1.91. The Morgan fingerprint density at radius 1 is 1.40 bits per heavy atom. The first-order chi connectivity index (χ1) is 9.60. The number of nitrogens with zero attached hydrogens (tertiary/aromatic N) is 1. The van der Waals surface area contributed by atoms with Crippen LogP contribution in [0.4, 0.5) is 5.69 Å². The van der Waals surface area contributed by atoms with Crippen molar-refractivity contribution >= 4 is 11.6 Å². The monoisotopic (exact) mass is 271 g/mol. The molecule has 0 saturated heterocycles. The standard InChI is InChI=1S/C15H17N3O2/c1-10-3-4-17-8-12(10)9-18-15(19)11-5-13(16)7-14(6-11)20-2/h3-8H,9,16H2,1-2H3,(H,18,19). The highest BCUT2D eigenvalue weighted by Gasteiger charge is 2.09. The van der Waals surface area contributed by atoms with Crippen molar-refractivity contribution in [3.8, 4) is 5.75 Å². The predicted molar refractivity (Wildman–Crippen MR) is 77.6 cm³/mol.